The third-order valence-corrected chi connectivity index (χ3v) is 2.96. The number of carboxylic acids is 1. The molecule has 0 fully saturated rings. The summed E-state index contributed by atoms with van der Waals surface area (Å²) in [6, 6.07) is 4.72. The third-order valence-electron chi connectivity index (χ3n) is 2.96. The van der Waals surface area contributed by atoms with E-state index < -0.39 is 5.97 Å². The van der Waals surface area contributed by atoms with Crippen molar-refractivity contribution in [1.29, 1.82) is 0 Å². The number of aromatic nitrogens is 3. The van der Waals surface area contributed by atoms with Crippen LogP contribution >= 0.6 is 0 Å². The quantitative estimate of drug-likeness (QED) is 0.757. The van der Waals surface area contributed by atoms with Gasteiger partial charge in [-0.25, -0.2) is 19.7 Å². The Morgan fingerprint density at radius 1 is 1.33 bits per heavy atom. The van der Waals surface area contributed by atoms with Crippen molar-refractivity contribution < 1.29 is 14.3 Å². The van der Waals surface area contributed by atoms with Gasteiger partial charge in [-0.05, 0) is 25.1 Å². The van der Waals surface area contributed by atoms with E-state index in [2.05, 4.69) is 20.3 Å². The molecule has 0 aliphatic rings. The Morgan fingerprint density at radius 2 is 2.19 bits per heavy atom. The number of carbonyl (C=O) groups is 1. The zero-order valence-electron chi connectivity index (χ0n) is 11.2. The number of carboxylic acid groups (broad SMARTS) is 1. The highest BCUT2D eigenvalue weighted by Gasteiger charge is 2.09. The number of rotatable bonds is 4. The number of anilines is 1. The van der Waals surface area contributed by atoms with E-state index in [4.69, 9.17) is 9.52 Å². The molecule has 21 heavy (non-hydrogen) atoms. The molecule has 0 aliphatic carbocycles. The molecule has 2 heterocycles. The summed E-state index contributed by atoms with van der Waals surface area (Å²) in [6.45, 7) is 2.21. The van der Waals surface area contributed by atoms with Crippen molar-refractivity contribution in [2.75, 3.05) is 5.32 Å². The molecule has 2 aromatic heterocycles. The summed E-state index contributed by atoms with van der Waals surface area (Å²) in [6.07, 6.45) is 3.03. The Kier molecular flexibility index (Phi) is 3.23. The summed E-state index contributed by atoms with van der Waals surface area (Å²) in [5.74, 6) is 0.917. The maximum absolute atomic E-state index is 11.0. The first-order valence-electron chi connectivity index (χ1n) is 6.27. The average Bonchev–Trinajstić information content (AvgIpc) is 2.90. The van der Waals surface area contributed by atoms with Crippen molar-refractivity contribution in [2.45, 2.75) is 13.5 Å². The molecule has 3 aromatic rings. The number of nitrogens with one attached hydrogen (secondary N) is 1. The molecule has 7 nitrogen and oxygen atoms in total. The van der Waals surface area contributed by atoms with Gasteiger partial charge < -0.3 is 14.8 Å². The molecular weight excluding hydrogens is 272 g/mol. The van der Waals surface area contributed by atoms with Crippen LogP contribution in [0.5, 0.6) is 0 Å². The van der Waals surface area contributed by atoms with Crippen LogP contribution in [0.3, 0.4) is 0 Å². The van der Waals surface area contributed by atoms with Gasteiger partial charge in [0.2, 0.25) is 5.89 Å². The first kappa shape index (κ1) is 13.0. The van der Waals surface area contributed by atoms with Crippen LogP contribution in [-0.4, -0.2) is 26.0 Å². The van der Waals surface area contributed by atoms with Crippen molar-refractivity contribution in [3.8, 4) is 0 Å². The van der Waals surface area contributed by atoms with E-state index in [0.717, 1.165) is 11.1 Å². The molecule has 0 bridgehead atoms. The van der Waals surface area contributed by atoms with Crippen LogP contribution < -0.4 is 5.32 Å². The lowest BCUT2D eigenvalue weighted by atomic mass is 10.1. The third kappa shape index (κ3) is 2.66. The lowest BCUT2D eigenvalue weighted by molar-refractivity contribution is 0.0697. The Balaban J connectivity index is 1.90. The molecule has 106 valence electrons. The van der Waals surface area contributed by atoms with Gasteiger partial charge in [0.05, 0.1) is 23.8 Å². The Bertz CT molecular complexity index is 813. The minimum absolute atomic E-state index is 0.190. The Labute approximate surface area is 119 Å². The number of aryl methyl sites for hydroxylation is 1. The van der Waals surface area contributed by atoms with E-state index in [1.165, 1.54) is 18.5 Å². The van der Waals surface area contributed by atoms with Crippen LogP contribution in [0.1, 0.15) is 22.0 Å². The first-order valence-corrected chi connectivity index (χ1v) is 6.27. The lowest BCUT2D eigenvalue weighted by Gasteiger charge is -2.07. The topological polar surface area (TPSA) is 101 Å². The number of benzene rings is 1. The number of nitrogens with zero attached hydrogens (tertiary/aromatic N) is 3. The molecule has 0 amide bonds. The molecule has 3 rings (SSSR count). The standard InChI is InChI=1S/C14H12N4O3/c1-8-5-15-12(21-8)6-16-13-10-3-2-9(14(19)20)4-11(10)17-7-18-13/h2-5,7H,6H2,1H3,(H,19,20)(H,16,17,18). The van der Waals surface area contributed by atoms with Gasteiger partial charge in [-0.1, -0.05) is 0 Å². The number of hydrogen-bond acceptors (Lipinski definition) is 6. The van der Waals surface area contributed by atoms with E-state index in [0.29, 0.717) is 23.8 Å². The van der Waals surface area contributed by atoms with Crippen LogP contribution in [-0.2, 0) is 6.54 Å². The SMILES string of the molecule is Cc1cnc(CNc2ncnc3cc(C(=O)O)ccc23)o1. The number of oxazole rings is 1. The molecule has 7 heteroatoms. The van der Waals surface area contributed by atoms with Gasteiger partial charge in [-0.2, -0.15) is 0 Å². The largest absolute Gasteiger partial charge is 0.478 e. The molecule has 0 atom stereocenters. The van der Waals surface area contributed by atoms with Gasteiger partial charge in [0, 0.05) is 5.39 Å². The number of aromatic carboxylic acids is 1. The van der Waals surface area contributed by atoms with E-state index in [9.17, 15) is 4.79 Å². The predicted molar refractivity (Wildman–Crippen MR) is 75.1 cm³/mol. The van der Waals surface area contributed by atoms with Crippen LogP contribution in [0.4, 0.5) is 5.82 Å². The van der Waals surface area contributed by atoms with Crippen LogP contribution in [0.25, 0.3) is 10.9 Å². The van der Waals surface area contributed by atoms with Crippen molar-refractivity contribution in [3.05, 3.63) is 47.9 Å². The van der Waals surface area contributed by atoms with E-state index in [1.54, 1.807) is 12.3 Å². The Hall–Kier alpha value is -2.96. The summed E-state index contributed by atoms with van der Waals surface area (Å²) in [7, 11) is 0. The molecule has 2 N–H and O–H groups in total. The van der Waals surface area contributed by atoms with Crippen molar-refractivity contribution >= 4 is 22.7 Å². The van der Waals surface area contributed by atoms with Gasteiger partial charge in [-0.3, -0.25) is 0 Å². The maximum atomic E-state index is 11.0. The van der Waals surface area contributed by atoms with Crippen molar-refractivity contribution in [3.63, 3.8) is 0 Å². The van der Waals surface area contributed by atoms with Crippen molar-refractivity contribution in [1.82, 2.24) is 15.0 Å². The lowest BCUT2D eigenvalue weighted by Crippen LogP contribution is -2.03. The van der Waals surface area contributed by atoms with Crippen LogP contribution in [0, 0.1) is 6.92 Å². The second-order valence-electron chi connectivity index (χ2n) is 4.48. The fourth-order valence-electron chi connectivity index (χ4n) is 1.97. The van der Waals surface area contributed by atoms with Crippen LogP contribution in [0.15, 0.2) is 35.1 Å². The van der Waals surface area contributed by atoms with E-state index in [1.807, 2.05) is 6.92 Å². The monoisotopic (exact) mass is 284 g/mol. The molecule has 0 saturated carbocycles. The molecule has 0 saturated heterocycles. The highest BCUT2D eigenvalue weighted by molar-refractivity contribution is 5.96. The van der Waals surface area contributed by atoms with Gasteiger partial charge in [0.1, 0.15) is 17.9 Å². The zero-order chi connectivity index (χ0) is 14.8. The van der Waals surface area contributed by atoms with Gasteiger partial charge in [-0.15, -0.1) is 0 Å². The summed E-state index contributed by atoms with van der Waals surface area (Å²) < 4.78 is 5.37. The normalized spacial score (nSPS) is 10.7. The van der Waals surface area contributed by atoms with Gasteiger partial charge >= 0.3 is 5.97 Å². The predicted octanol–water partition coefficient (Wildman–Crippen LogP) is 2.24. The molecule has 0 unspecified atom stereocenters. The number of fused-ring (bicyclic) bond motifs is 1. The minimum atomic E-state index is -0.986. The summed E-state index contributed by atoms with van der Waals surface area (Å²) >= 11 is 0. The van der Waals surface area contributed by atoms with Crippen molar-refractivity contribution in [2.24, 2.45) is 0 Å². The van der Waals surface area contributed by atoms with Crippen LogP contribution in [0.2, 0.25) is 0 Å². The summed E-state index contributed by atoms with van der Waals surface area (Å²) in [4.78, 5) is 23.3. The van der Waals surface area contributed by atoms with E-state index in [-0.39, 0.29) is 5.56 Å². The fraction of sp³-hybridized carbons (Fsp3) is 0.143. The molecule has 0 aliphatic heterocycles. The van der Waals surface area contributed by atoms with Gasteiger partial charge in [0.25, 0.3) is 0 Å². The molecule has 0 spiro atoms. The zero-order valence-corrected chi connectivity index (χ0v) is 11.2. The molecular formula is C14H12N4O3. The first-order chi connectivity index (χ1) is 10.1. The smallest absolute Gasteiger partial charge is 0.335 e. The van der Waals surface area contributed by atoms with E-state index >= 15 is 0 Å². The average molecular weight is 284 g/mol. The molecule has 0 radical (unpaired) electrons. The highest BCUT2D eigenvalue weighted by Crippen LogP contribution is 2.21. The molecule has 1 aromatic carbocycles. The number of hydrogen-bond donors (Lipinski definition) is 2. The van der Waals surface area contributed by atoms with Gasteiger partial charge in [0.15, 0.2) is 0 Å². The fourth-order valence-corrected chi connectivity index (χ4v) is 1.97. The second kappa shape index (κ2) is 5.20. The Morgan fingerprint density at radius 3 is 2.90 bits per heavy atom. The summed E-state index contributed by atoms with van der Waals surface area (Å²) in [5, 5.41) is 12.8. The highest BCUT2D eigenvalue weighted by atomic mass is 16.4. The minimum Gasteiger partial charge on any atom is -0.478 e. The summed E-state index contributed by atoms with van der Waals surface area (Å²) in [5.41, 5.74) is 0.756. The second-order valence-corrected chi connectivity index (χ2v) is 4.48. The maximum Gasteiger partial charge on any atom is 0.335 e.